The van der Waals surface area contributed by atoms with Crippen LogP contribution in [0.2, 0.25) is 0 Å². The van der Waals surface area contributed by atoms with Crippen LogP contribution in [-0.4, -0.2) is 112 Å². The molecule has 6 N–H and O–H groups in total. The van der Waals surface area contributed by atoms with Gasteiger partial charge in [0, 0.05) is 32.2 Å². The Morgan fingerprint density at radius 2 is 1.73 bits per heavy atom. The molecule has 1 aliphatic heterocycles. The minimum atomic E-state index is -3.03. The van der Waals surface area contributed by atoms with Gasteiger partial charge >= 0.3 is 26.8 Å². The Hall–Kier alpha value is -3.40. The molecule has 16 nitrogen and oxygen atoms in total. The molecule has 3 amide bonds. The Morgan fingerprint density at radius 1 is 1.04 bits per heavy atom. The lowest BCUT2D eigenvalue weighted by Gasteiger charge is -2.28. The van der Waals surface area contributed by atoms with E-state index >= 15 is 0 Å². The molecule has 0 radical (unpaired) electrons. The standard InChI is InChI=1S/C32H47BN6O10P2/c1-24(2)22-28(37-29(40)26(13-12-25-10-4-3-5-11-25)36-30(41)27-23-34-14-15-35-27)33-48-19-8-6-16-39(17-7-9-20-49-33)18-21-47-31(42)38-32(50(43)44)51(45)46/h3-5,10-15,23-24,26,28,32,43-44H,6-9,16-22H2,1-2H3,(H3-,36,37,38,40,41,42,45,46)/p+1/b13-12+/t26?,28-,32?/m1/s1. The van der Waals surface area contributed by atoms with E-state index in [1.54, 1.807) is 12.2 Å². The Bertz CT molecular complexity index is 1390. The van der Waals surface area contributed by atoms with Crippen LogP contribution < -0.4 is 16.0 Å². The van der Waals surface area contributed by atoms with E-state index in [0.29, 0.717) is 52.1 Å². The molecule has 1 aromatic heterocycles. The van der Waals surface area contributed by atoms with Gasteiger partial charge in [-0.2, -0.15) is 4.89 Å². The Balaban J connectivity index is 1.60. The second-order valence-electron chi connectivity index (χ2n) is 12.2. The predicted octanol–water partition coefficient (Wildman–Crippen LogP) is 2.80. The summed E-state index contributed by atoms with van der Waals surface area (Å²) in [6.45, 7) is 6.65. The maximum absolute atomic E-state index is 13.8. The molecule has 2 heterocycles. The molecule has 0 saturated carbocycles. The van der Waals surface area contributed by atoms with Crippen molar-refractivity contribution in [2.45, 2.75) is 63.5 Å². The van der Waals surface area contributed by atoms with Gasteiger partial charge in [-0.25, -0.2) is 9.78 Å². The number of ether oxygens (including phenoxy) is 1. The largest absolute Gasteiger partial charge is 0.540 e. The van der Waals surface area contributed by atoms with Crippen molar-refractivity contribution in [3.05, 3.63) is 66.3 Å². The molecule has 1 aliphatic rings. The number of benzene rings is 1. The fraction of sp³-hybridized carbons (Fsp3) is 0.531. The van der Waals surface area contributed by atoms with Crippen molar-refractivity contribution < 1.29 is 47.7 Å². The highest BCUT2D eigenvalue weighted by Gasteiger charge is 2.39. The van der Waals surface area contributed by atoms with E-state index in [1.807, 2.05) is 49.5 Å². The van der Waals surface area contributed by atoms with Crippen molar-refractivity contribution in [3.63, 3.8) is 0 Å². The van der Waals surface area contributed by atoms with E-state index in [4.69, 9.17) is 18.9 Å². The lowest BCUT2D eigenvalue weighted by Crippen LogP contribution is -2.55. The summed E-state index contributed by atoms with van der Waals surface area (Å²) in [6, 6.07) is 8.41. The van der Waals surface area contributed by atoms with Gasteiger partial charge < -0.3 is 34.5 Å². The van der Waals surface area contributed by atoms with Crippen LogP contribution in [0.25, 0.3) is 6.08 Å². The molecule has 2 aromatic rings. The lowest BCUT2D eigenvalue weighted by molar-refractivity contribution is -0.122. The molecular weight excluding hydrogens is 701 g/mol. The quantitative estimate of drug-likeness (QED) is 0.114. The first-order valence-electron chi connectivity index (χ1n) is 16.8. The number of aromatic nitrogens is 2. The number of carbonyl (C=O) groups is 3. The summed E-state index contributed by atoms with van der Waals surface area (Å²) in [5.41, 5.74) is -0.741. The average Bonchev–Trinajstić information content (AvgIpc) is 3.10. The summed E-state index contributed by atoms with van der Waals surface area (Å²) in [5.74, 6) is -1.28. The number of amides is 3. The van der Waals surface area contributed by atoms with Crippen LogP contribution >= 0.6 is 16.4 Å². The predicted molar refractivity (Wildman–Crippen MR) is 192 cm³/mol. The normalized spacial score (nSPS) is 17.2. The Labute approximate surface area is 300 Å². The first-order valence-corrected chi connectivity index (χ1v) is 19.4. The molecular formula is C32H48BN6O10P2+. The van der Waals surface area contributed by atoms with Gasteiger partial charge in [0.15, 0.2) is 0 Å². The van der Waals surface area contributed by atoms with Gasteiger partial charge in [-0.1, -0.05) is 56.3 Å². The smallest absolute Gasteiger partial charge is 0.448 e. The highest BCUT2D eigenvalue weighted by molar-refractivity contribution is 7.61. The lowest BCUT2D eigenvalue weighted by atomic mass is 9.73. The zero-order valence-corrected chi connectivity index (χ0v) is 30.7. The van der Waals surface area contributed by atoms with Gasteiger partial charge in [-0.05, 0) is 61.2 Å². The minimum Gasteiger partial charge on any atom is -0.448 e. The van der Waals surface area contributed by atoms with E-state index in [1.165, 1.54) is 18.6 Å². The number of nitrogens with zero attached hydrogens (tertiary/aromatic N) is 3. The molecule has 278 valence electrons. The number of nitrogens with one attached hydrogen (secondary N) is 3. The van der Waals surface area contributed by atoms with E-state index < -0.39 is 58.9 Å². The van der Waals surface area contributed by atoms with Crippen LogP contribution in [-0.2, 0) is 23.4 Å². The fourth-order valence-electron chi connectivity index (χ4n) is 5.13. The van der Waals surface area contributed by atoms with Gasteiger partial charge in [0.1, 0.15) is 18.3 Å². The number of hydrogen-bond acceptors (Lipinski definition) is 12. The molecule has 0 spiro atoms. The molecule has 3 rings (SSSR count). The van der Waals surface area contributed by atoms with Crippen molar-refractivity contribution in [1.29, 1.82) is 0 Å². The number of carbonyl (C=O) groups excluding carboxylic acids is 3. The third-order valence-corrected chi connectivity index (χ3v) is 9.97. The molecule has 51 heavy (non-hydrogen) atoms. The second kappa shape index (κ2) is 23.2. The van der Waals surface area contributed by atoms with Gasteiger partial charge in [-0.3, -0.25) is 24.8 Å². The van der Waals surface area contributed by atoms with E-state index in [-0.39, 0.29) is 18.2 Å². The third kappa shape index (κ3) is 16.2. The van der Waals surface area contributed by atoms with Gasteiger partial charge in [-0.15, -0.1) is 0 Å². The zero-order valence-electron chi connectivity index (χ0n) is 28.9. The molecule has 1 aromatic carbocycles. The van der Waals surface area contributed by atoms with Crippen LogP contribution in [0, 0.1) is 5.92 Å². The van der Waals surface area contributed by atoms with Crippen LogP contribution in [0.4, 0.5) is 4.79 Å². The Morgan fingerprint density at radius 3 is 2.31 bits per heavy atom. The molecule has 0 bridgehead atoms. The van der Waals surface area contributed by atoms with E-state index in [9.17, 15) is 28.7 Å². The van der Waals surface area contributed by atoms with Crippen molar-refractivity contribution in [2.75, 3.05) is 39.5 Å². The number of alkyl carbamates (subject to hydrolysis) is 1. The zero-order chi connectivity index (χ0) is 37.0. The van der Waals surface area contributed by atoms with Crippen LogP contribution in [0.15, 0.2) is 55.0 Å². The maximum Gasteiger partial charge on any atom is 0.540 e. The Kier molecular flexibility index (Phi) is 19.1. The van der Waals surface area contributed by atoms with Gasteiger partial charge in [0.2, 0.25) is 14.3 Å². The highest BCUT2D eigenvalue weighted by Crippen LogP contribution is 2.42. The minimum absolute atomic E-state index is 0.00192. The van der Waals surface area contributed by atoms with Gasteiger partial charge in [0.25, 0.3) is 5.91 Å². The SMILES string of the molecule is CC(C)C[C@@H](NC(=O)C(/C=C/c1ccccc1)NC(=O)c1cnccn1)B1OCCCCN(CCOC(=O)NC(P(O)O)[P+](=O)O)CCCCO1. The molecule has 4 atom stereocenters. The molecule has 3 unspecified atom stereocenters. The summed E-state index contributed by atoms with van der Waals surface area (Å²) in [5, 5.41) is 7.86. The summed E-state index contributed by atoms with van der Waals surface area (Å²) < 4.78 is 28.7. The maximum atomic E-state index is 13.8. The van der Waals surface area contributed by atoms with Crippen molar-refractivity contribution in [3.8, 4) is 0 Å². The number of hydrogen-bond donors (Lipinski definition) is 6. The van der Waals surface area contributed by atoms with Crippen molar-refractivity contribution in [2.24, 2.45) is 5.92 Å². The monoisotopic (exact) mass is 749 g/mol. The average molecular weight is 750 g/mol. The van der Waals surface area contributed by atoms with E-state index in [0.717, 1.165) is 18.4 Å². The summed E-state index contributed by atoms with van der Waals surface area (Å²) >= 11 is 0. The summed E-state index contributed by atoms with van der Waals surface area (Å²) in [4.78, 5) is 76.5. The molecule has 1 saturated heterocycles. The van der Waals surface area contributed by atoms with Crippen molar-refractivity contribution >= 4 is 47.5 Å². The fourth-order valence-corrected chi connectivity index (χ4v) is 6.27. The number of rotatable bonds is 15. The van der Waals surface area contributed by atoms with Crippen LogP contribution in [0.1, 0.15) is 62.0 Å². The topological polar surface area (TPSA) is 222 Å². The van der Waals surface area contributed by atoms with Crippen LogP contribution in [0.3, 0.4) is 0 Å². The summed E-state index contributed by atoms with van der Waals surface area (Å²) in [7, 11) is -6.59. The second-order valence-corrected chi connectivity index (χ2v) is 14.9. The first-order chi connectivity index (χ1) is 24.5. The van der Waals surface area contributed by atoms with Crippen molar-refractivity contribution in [1.82, 2.24) is 30.8 Å². The summed E-state index contributed by atoms with van der Waals surface area (Å²) in [6.07, 6.45) is 10.1. The van der Waals surface area contributed by atoms with E-state index in [2.05, 4.69) is 25.5 Å². The van der Waals surface area contributed by atoms with Crippen LogP contribution in [0.5, 0.6) is 0 Å². The first kappa shape index (κ1) is 42.0. The highest BCUT2D eigenvalue weighted by atomic mass is 31.2. The third-order valence-electron chi connectivity index (χ3n) is 7.64. The molecule has 0 aliphatic carbocycles. The van der Waals surface area contributed by atoms with Gasteiger partial charge in [0.05, 0.1) is 12.1 Å². The molecule has 1 fully saturated rings. The molecule has 19 heteroatoms.